The van der Waals surface area contributed by atoms with Gasteiger partial charge in [-0.25, -0.2) is 0 Å². The smallest absolute Gasteiger partial charge is 0.310 e. The van der Waals surface area contributed by atoms with Gasteiger partial charge in [-0.05, 0) is 19.4 Å². The zero-order chi connectivity index (χ0) is 15.9. The zero-order valence-corrected chi connectivity index (χ0v) is 12.3. The van der Waals surface area contributed by atoms with Gasteiger partial charge in [0.1, 0.15) is 6.29 Å². The van der Waals surface area contributed by atoms with Crippen molar-refractivity contribution in [2.75, 3.05) is 13.2 Å². The summed E-state index contributed by atoms with van der Waals surface area (Å²) in [5.74, 6) is -0.837. The third-order valence-electron chi connectivity index (χ3n) is 3.25. The fraction of sp³-hybridized carbons (Fsp3) is 0.533. The first-order chi connectivity index (χ1) is 9.97. The van der Waals surface area contributed by atoms with Crippen LogP contribution < -0.4 is 5.73 Å². The fourth-order valence-corrected chi connectivity index (χ4v) is 2.11. The summed E-state index contributed by atoms with van der Waals surface area (Å²) in [4.78, 5) is 34.4. The molecule has 116 valence electrons. The van der Waals surface area contributed by atoms with Gasteiger partial charge < -0.3 is 20.0 Å². The number of aldehydes is 1. The summed E-state index contributed by atoms with van der Waals surface area (Å²) in [5, 5.41) is 0. The third kappa shape index (κ3) is 4.53. The highest BCUT2D eigenvalue weighted by Gasteiger charge is 2.38. The molecule has 0 radical (unpaired) electrons. The van der Waals surface area contributed by atoms with Gasteiger partial charge in [-0.3, -0.25) is 9.59 Å². The molecule has 6 nitrogen and oxygen atoms in total. The van der Waals surface area contributed by atoms with Crippen molar-refractivity contribution in [3.05, 3.63) is 23.8 Å². The molecule has 0 fully saturated rings. The van der Waals surface area contributed by atoms with Gasteiger partial charge in [-0.1, -0.05) is 18.2 Å². The van der Waals surface area contributed by atoms with Crippen LogP contribution in [-0.2, 0) is 23.9 Å². The van der Waals surface area contributed by atoms with E-state index in [1.54, 1.807) is 32.1 Å². The van der Waals surface area contributed by atoms with Gasteiger partial charge in [0.05, 0.1) is 31.5 Å². The van der Waals surface area contributed by atoms with E-state index in [1.165, 1.54) is 0 Å². The number of allylic oxidation sites excluding steroid dienone is 1. The minimum absolute atomic E-state index is 0.0897. The van der Waals surface area contributed by atoms with E-state index in [1.807, 2.05) is 0 Å². The van der Waals surface area contributed by atoms with E-state index in [-0.39, 0.29) is 25.4 Å². The standard InChI is InChI=1S/C15H21NO5/c1-3-20-13(18)8-11-5-6-15(10-17,12(16)7-11)9-14(19)21-4-2/h5-7,10,12H,3-4,8-9,16H2,1-2H3. The van der Waals surface area contributed by atoms with E-state index in [4.69, 9.17) is 15.2 Å². The van der Waals surface area contributed by atoms with Crippen LogP contribution in [0.25, 0.3) is 0 Å². The molecule has 0 amide bonds. The lowest BCUT2D eigenvalue weighted by molar-refractivity contribution is -0.146. The van der Waals surface area contributed by atoms with E-state index in [2.05, 4.69) is 0 Å². The Morgan fingerprint density at radius 2 is 1.90 bits per heavy atom. The van der Waals surface area contributed by atoms with Gasteiger partial charge in [0.2, 0.25) is 0 Å². The Balaban J connectivity index is 2.79. The van der Waals surface area contributed by atoms with Crippen LogP contribution in [0.3, 0.4) is 0 Å². The minimum atomic E-state index is -1.12. The predicted octanol–water partition coefficient (Wildman–Crippen LogP) is 0.902. The van der Waals surface area contributed by atoms with Gasteiger partial charge in [0.15, 0.2) is 0 Å². The van der Waals surface area contributed by atoms with Crippen LogP contribution in [0.1, 0.15) is 26.7 Å². The van der Waals surface area contributed by atoms with Crippen LogP contribution in [0.2, 0.25) is 0 Å². The van der Waals surface area contributed by atoms with Crippen molar-refractivity contribution in [3.8, 4) is 0 Å². The molecule has 0 aliphatic heterocycles. The largest absolute Gasteiger partial charge is 0.466 e. The Bertz CT molecular complexity index is 469. The van der Waals surface area contributed by atoms with E-state index < -0.39 is 17.4 Å². The first-order valence-electron chi connectivity index (χ1n) is 6.90. The number of nitrogens with two attached hydrogens (primary N) is 1. The van der Waals surface area contributed by atoms with Crippen molar-refractivity contribution in [3.63, 3.8) is 0 Å². The normalized spacial score (nSPS) is 24.1. The van der Waals surface area contributed by atoms with Crippen LogP contribution >= 0.6 is 0 Å². The lowest BCUT2D eigenvalue weighted by Gasteiger charge is -2.31. The van der Waals surface area contributed by atoms with Crippen LogP contribution in [0, 0.1) is 5.41 Å². The second kappa shape index (κ2) is 7.73. The maximum absolute atomic E-state index is 11.6. The maximum atomic E-state index is 11.6. The molecule has 2 N–H and O–H groups in total. The molecule has 21 heavy (non-hydrogen) atoms. The number of hydrogen-bond donors (Lipinski definition) is 1. The summed E-state index contributed by atoms with van der Waals surface area (Å²) in [6.07, 6.45) is 5.44. The second-order valence-electron chi connectivity index (χ2n) is 4.79. The van der Waals surface area contributed by atoms with E-state index >= 15 is 0 Å². The molecule has 0 bridgehead atoms. The minimum Gasteiger partial charge on any atom is -0.466 e. The van der Waals surface area contributed by atoms with E-state index in [0.717, 1.165) is 0 Å². The lowest BCUT2D eigenvalue weighted by Crippen LogP contribution is -2.44. The van der Waals surface area contributed by atoms with E-state index in [9.17, 15) is 14.4 Å². The van der Waals surface area contributed by atoms with Crippen LogP contribution in [0.5, 0.6) is 0 Å². The number of carbonyl (C=O) groups is 3. The van der Waals surface area contributed by atoms with Crippen molar-refractivity contribution in [1.82, 2.24) is 0 Å². The molecule has 1 aliphatic carbocycles. The number of hydrogen-bond acceptors (Lipinski definition) is 6. The summed E-state index contributed by atoms with van der Waals surface area (Å²) in [5.41, 5.74) is 5.54. The highest BCUT2D eigenvalue weighted by atomic mass is 16.5. The SMILES string of the molecule is CCOC(=O)CC1=CC(N)C(C=O)(CC(=O)OCC)C=C1. The molecule has 1 rings (SSSR count). The topological polar surface area (TPSA) is 95.7 Å². The van der Waals surface area contributed by atoms with Gasteiger partial charge in [0.25, 0.3) is 0 Å². The molecular formula is C15H21NO5. The first kappa shape index (κ1) is 17.1. The summed E-state index contributed by atoms with van der Waals surface area (Å²) in [6, 6.07) is -0.686. The molecule has 1 aliphatic rings. The average molecular weight is 295 g/mol. The number of esters is 2. The average Bonchev–Trinajstić information content (AvgIpc) is 2.42. The highest BCUT2D eigenvalue weighted by molar-refractivity contribution is 5.80. The van der Waals surface area contributed by atoms with E-state index in [0.29, 0.717) is 18.5 Å². The summed E-state index contributed by atoms with van der Waals surface area (Å²) in [6.45, 7) is 3.98. The molecule has 0 saturated carbocycles. The molecule has 2 atom stereocenters. The highest BCUT2D eigenvalue weighted by Crippen LogP contribution is 2.32. The Morgan fingerprint density at radius 1 is 1.29 bits per heavy atom. The molecule has 0 aromatic rings. The molecule has 2 unspecified atom stereocenters. The summed E-state index contributed by atoms with van der Waals surface area (Å²) in [7, 11) is 0. The van der Waals surface area contributed by atoms with Crippen LogP contribution in [0.4, 0.5) is 0 Å². The molecule has 0 aromatic heterocycles. The van der Waals surface area contributed by atoms with Crippen LogP contribution in [0.15, 0.2) is 23.8 Å². The summed E-state index contributed by atoms with van der Waals surface area (Å²) < 4.78 is 9.72. The summed E-state index contributed by atoms with van der Waals surface area (Å²) >= 11 is 0. The number of rotatable bonds is 7. The monoisotopic (exact) mass is 295 g/mol. The molecule has 0 heterocycles. The Labute approximate surface area is 124 Å². The van der Waals surface area contributed by atoms with Crippen molar-refractivity contribution < 1.29 is 23.9 Å². The van der Waals surface area contributed by atoms with Gasteiger partial charge in [0, 0.05) is 6.04 Å². The van der Waals surface area contributed by atoms with Gasteiger partial charge >= 0.3 is 11.9 Å². The fourth-order valence-electron chi connectivity index (χ4n) is 2.11. The number of carbonyl (C=O) groups excluding carboxylic acids is 3. The van der Waals surface area contributed by atoms with Crippen molar-refractivity contribution in [2.24, 2.45) is 11.1 Å². The number of ether oxygens (including phenoxy) is 2. The molecule has 6 heteroatoms. The lowest BCUT2D eigenvalue weighted by atomic mass is 9.74. The quantitative estimate of drug-likeness (QED) is 0.554. The third-order valence-corrected chi connectivity index (χ3v) is 3.25. The zero-order valence-electron chi connectivity index (χ0n) is 12.3. The van der Waals surface area contributed by atoms with Crippen molar-refractivity contribution in [1.29, 1.82) is 0 Å². The molecule has 0 spiro atoms. The second-order valence-corrected chi connectivity index (χ2v) is 4.79. The first-order valence-corrected chi connectivity index (χ1v) is 6.90. The molecule has 0 aromatic carbocycles. The maximum Gasteiger partial charge on any atom is 0.310 e. The van der Waals surface area contributed by atoms with Gasteiger partial charge in [-0.2, -0.15) is 0 Å². The van der Waals surface area contributed by atoms with Crippen molar-refractivity contribution >= 4 is 18.2 Å². The Kier molecular flexibility index (Phi) is 6.30. The molecular weight excluding hydrogens is 274 g/mol. The van der Waals surface area contributed by atoms with Gasteiger partial charge in [-0.15, -0.1) is 0 Å². The van der Waals surface area contributed by atoms with Crippen molar-refractivity contribution in [2.45, 2.75) is 32.7 Å². The Hall–Kier alpha value is -1.95. The van der Waals surface area contributed by atoms with Crippen LogP contribution in [-0.4, -0.2) is 37.5 Å². The Morgan fingerprint density at radius 3 is 2.43 bits per heavy atom. The molecule has 0 saturated heterocycles. The predicted molar refractivity (Wildman–Crippen MR) is 76.2 cm³/mol.